The molecule has 0 aromatic rings. The Kier molecular flexibility index (Phi) is 3.16. The zero-order valence-corrected chi connectivity index (χ0v) is 7.06. The van der Waals surface area contributed by atoms with E-state index in [1.54, 1.807) is 0 Å². The largest absolute Gasteiger partial charge is 0.318 e. The maximum absolute atomic E-state index is 3.23. The van der Waals surface area contributed by atoms with Crippen LogP contribution in [-0.2, 0) is 0 Å². The van der Waals surface area contributed by atoms with Crippen LogP contribution < -0.4 is 5.32 Å². The van der Waals surface area contributed by atoms with Crippen LogP contribution in [0.2, 0.25) is 0 Å². The lowest BCUT2D eigenvalue weighted by Gasteiger charge is -2.21. The third kappa shape index (κ3) is 1.70. The molecule has 60 valence electrons. The number of hydrogen-bond acceptors (Lipinski definition) is 2. The number of rotatable bonds is 3. The normalized spacial score (nSPS) is 27.6. The van der Waals surface area contributed by atoms with Crippen LogP contribution in [0.15, 0.2) is 0 Å². The van der Waals surface area contributed by atoms with Crippen LogP contribution in [0.4, 0.5) is 0 Å². The fraction of sp³-hybridized carbons (Fsp3) is 1.00. The van der Waals surface area contributed by atoms with Gasteiger partial charge in [0.2, 0.25) is 0 Å². The van der Waals surface area contributed by atoms with E-state index in [0.29, 0.717) is 0 Å². The van der Waals surface area contributed by atoms with Crippen LogP contribution in [0, 0.1) is 0 Å². The quantitative estimate of drug-likeness (QED) is 0.623. The molecule has 1 fully saturated rings. The standard InChI is InChI=1S/C8H18N2/c1-3-10-6-4-5-8(10)7-9-2/h8-9H,3-7H2,1-2H3/t8-/m1/s1. The summed E-state index contributed by atoms with van der Waals surface area (Å²) in [5.41, 5.74) is 0. The summed E-state index contributed by atoms with van der Waals surface area (Å²) < 4.78 is 0. The number of nitrogens with zero attached hydrogens (tertiary/aromatic N) is 1. The summed E-state index contributed by atoms with van der Waals surface area (Å²) in [5.74, 6) is 0. The highest BCUT2D eigenvalue weighted by atomic mass is 15.2. The van der Waals surface area contributed by atoms with Gasteiger partial charge in [0.15, 0.2) is 0 Å². The van der Waals surface area contributed by atoms with Crippen molar-refractivity contribution >= 4 is 0 Å². The molecule has 0 amide bonds. The highest BCUT2D eigenvalue weighted by Gasteiger charge is 2.21. The smallest absolute Gasteiger partial charge is 0.0220 e. The second kappa shape index (κ2) is 3.94. The van der Waals surface area contributed by atoms with Crippen molar-refractivity contribution in [2.24, 2.45) is 0 Å². The van der Waals surface area contributed by atoms with Gasteiger partial charge in [0.05, 0.1) is 0 Å². The molecule has 1 heterocycles. The Hall–Kier alpha value is -0.0800. The number of likely N-dealkylation sites (tertiary alicyclic amines) is 1. The van der Waals surface area contributed by atoms with Gasteiger partial charge >= 0.3 is 0 Å². The minimum absolute atomic E-state index is 0.815. The maximum atomic E-state index is 3.23. The van der Waals surface area contributed by atoms with Gasteiger partial charge in [0.1, 0.15) is 0 Å². The third-order valence-corrected chi connectivity index (χ3v) is 2.35. The summed E-state index contributed by atoms with van der Waals surface area (Å²) in [6, 6.07) is 0.815. The molecule has 0 aliphatic carbocycles. The maximum Gasteiger partial charge on any atom is 0.0220 e. The van der Waals surface area contributed by atoms with E-state index in [1.807, 2.05) is 7.05 Å². The molecule has 1 rings (SSSR count). The lowest BCUT2D eigenvalue weighted by atomic mass is 10.2. The van der Waals surface area contributed by atoms with Crippen LogP contribution in [-0.4, -0.2) is 37.6 Å². The van der Waals surface area contributed by atoms with Gasteiger partial charge in [-0.15, -0.1) is 0 Å². The van der Waals surface area contributed by atoms with Crippen molar-refractivity contribution in [1.82, 2.24) is 10.2 Å². The first-order valence-electron chi connectivity index (χ1n) is 4.27. The summed E-state index contributed by atoms with van der Waals surface area (Å²) in [7, 11) is 2.03. The summed E-state index contributed by atoms with van der Waals surface area (Å²) in [6.07, 6.45) is 2.77. The Morgan fingerprint density at radius 1 is 1.60 bits per heavy atom. The first kappa shape index (κ1) is 8.02. The molecule has 0 aromatic carbocycles. The molecular formula is C8H18N2. The highest BCUT2D eigenvalue weighted by Crippen LogP contribution is 2.14. The molecule has 2 nitrogen and oxygen atoms in total. The minimum atomic E-state index is 0.815. The van der Waals surface area contributed by atoms with Gasteiger partial charge in [0.25, 0.3) is 0 Å². The van der Waals surface area contributed by atoms with Gasteiger partial charge in [0, 0.05) is 12.6 Å². The van der Waals surface area contributed by atoms with Crippen molar-refractivity contribution in [3.63, 3.8) is 0 Å². The molecule has 2 heteroatoms. The van der Waals surface area contributed by atoms with Gasteiger partial charge in [-0.2, -0.15) is 0 Å². The van der Waals surface area contributed by atoms with Crippen LogP contribution >= 0.6 is 0 Å². The predicted octanol–water partition coefficient (Wildman–Crippen LogP) is 0.690. The van der Waals surface area contributed by atoms with Crippen LogP contribution in [0.3, 0.4) is 0 Å². The Bertz CT molecular complexity index is 93.3. The molecule has 1 N–H and O–H groups in total. The lowest BCUT2D eigenvalue weighted by Crippen LogP contribution is -2.36. The number of nitrogens with one attached hydrogen (secondary N) is 1. The summed E-state index contributed by atoms with van der Waals surface area (Å²) >= 11 is 0. The Morgan fingerprint density at radius 2 is 2.40 bits per heavy atom. The van der Waals surface area contributed by atoms with Crippen molar-refractivity contribution in [2.45, 2.75) is 25.8 Å². The van der Waals surface area contributed by atoms with Crippen molar-refractivity contribution in [3.05, 3.63) is 0 Å². The molecule has 1 aliphatic heterocycles. The molecule has 1 aliphatic rings. The summed E-state index contributed by atoms with van der Waals surface area (Å²) in [4.78, 5) is 2.55. The summed E-state index contributed by atoms with van der Waals surface area (Å²) in [6.45, 7) is 5.93. The molecule has 0 aromatic heterocycles. The molecule has 0 saturated carbocycles. The van der Waals surface area contributed by atoms with Crippen LogP contribution in [0.5, 0.6) is 0 Å². The molecule has 10 heavy (non-hydrogen) atoms. The molecule has 0 unspecified atom stereocenters. The van der Waals surface area contributed by atoms with E-state index >= 15 is 0 Å². The van der Waals surface area contributed by atoms with Crippen molar-refractivity contribution in [2.75, 3.05) is 26.7 Å². The zero-order valence-electron chi connectivity index (χ0n) is 7.06. The molecule has 1 atom stereocenters. The van der Waals surface area contributed by atoms with E-state index < -0.39 is 0 Å². The summed E-state index contributed by atoms with van der Waals surface area (Å²) in [5, 5.41) is 3.23. The first-order chi connectivity index (χ1) is 4.88. The van der Waals surface area contributed by atoms with Crippen LogP contribution in [0.25, 0.3) is 0 Å². The monoisotopic (exact) mass is 142 g/mol. The third-order valence-electron chi connectivity index (χ3n) is 2.35. The first-order valence-corrected chi connectivity index (χ1v) is 4.27. The van der Waals surface area contributed by atoms with E-state index in [0.717, 1.165) is 12.6 Å². The second-order valence-electron chi connectivity index (χ2n) is 2.98. The minimum Gasteiger partial charge on any atom is -0.318 e. The number of likely N-dealkylation sites (N-methyl/N-ethyl adjacent to an activating group) is 2. The molecule has 1 saturated heterocycles. The lowest BCUT2D eigenvalue weighted by molar-refractivity contribution is 0.264. The Balaban J connectivity index is 2.27. The van der Waals surface area contributed by atoms with Crippen molar-refractivity contribution < 1.29 is 0 Å². The average molecular weight is 142 g/mol. The molecular weight excluding hydrogens is 124 g/mol. The number of hydrogen-bond donors (Lipinski definition) is 1. The molecule has 0 bridgehead atoms. The van der Waals surface area contributed by atoms with E-state index in [9.17, 15) is 0 Å². The Labute approximate surface area is 63.6 Å². The van der Waals surface area contributed by atoms with Crippen molar-refractivity contribution in [1.29, 1.82) is 0 Å². The van der Waals surface area contributed by atoms with Gasteiger partial charge in [-0.1, -0.05) is 6.92 Å². The van der Waals surface area contributed by atoms with Gasteiger partial charge in [-0.05, 0) is 33.0 Å². The Morgan fingerprint density at radius 3 is 3.00 bits per heavy atom. The van der Waals surface area contributed by atoms with Gasteiger partial charge in [-0.3, -0.25) is 4.90 Å². The van der Waals surface area contributed by atoms with E-state index in [2.05, 4.69) is 17.1 Å². The SMILES string of the molecule is CCN1CCC[C@@H]1CNC. The molecule has 0 radical (unpaired) electrons. The van der Waals surface area contributed by atoms with Gasteiger partial charge < -0.3 is 5.32 Å². The topological polar surface area (TPSA) is 15.3 Å². The van der Waals surface area contributed by atoms with E-state index in [4.69, 9.17) is 0 Å². The second-order valence-corrected chi connectivity index (χ2v) is 2.98. The van der Waals surface area contributed by atoms with Gasteiger partial charge in [-0.25, -0.2) is 0 Å². The zero-order chi connectivity index (χ0) is 7.40. The van der Waals surface area contributed by atoms with E-state index in [-0.39, 0.29) is 0 Å². The average Bonchev–Trinajstić information content (AvgIpc) is 2.36. The van der Waals surface area contributed by atoms with Crippen molar-refractivity contribution in [3.8, 4) is 0 Å². The highest BCUT2D eigenvalue weighted by molar-refractivity contribution is 4.79. The fourth-order valence-corrected chi connectivity index (χ4v) is 1.78. The van der Waals surface area contributed by atoms with E-state index in [1.165, 1.54) is 25.9 Å². The van der Waals surface area contributed by atoms with Crippen LogP contribution in [0.1, 0.15) is 19.8 Å². The molecule has 0 spiro atoms. The predicted molar refractivity (Wildman–Crippen MR) is 44.2 cm³/mol. The fourth-order valence-electron chi connectivity index (χ4n) is 1.78.